The topological polar surface area (TPSA) is 147 Å². The fourth-order valence-electron chi connectivity index (χ4n) is 6.50. The number of epoxide rings is 1. The third-order valence-electron chi connectivity index (χ3n) is 9.63. The smallest absolute Gasteiger partial charge is 0.309 e. The summed E-state index contributed by atoms with van der Waals surface area (Å²) in [7, 11) is 1.68. The molecule has 0 saturated carbocycles. The van der Waals surface area contributed by atoms with Crippen molar-refractivity contribution in [1.29, 1.82) is 0 Å². The zero-order valence-electron chi connectivity index (χ0n) is 30.1. The van der Waals surface area contributed by atoms with Crippen LogP contribution in [0.4, 0.5) is 4.39 Å². The van der Waals surface area contributed by atoms with E-state index in [4.69, 9.17) is 18.9 Å². The van der Waals surface area contributed by atoms with E-state index in [0.29, 0.717) is 12.1 Å². The lowest BCUT2D eigenvalue weighted by Gasteiger charge is -2.32. The largest absolute Gasteiger partial charge is 0.457 e. The molecule has 2 aliphatic rings. The lowest BCUT2D eigenvalue weighted by atomic mass is 9.87. The molecule has 3 rings (SSSR count). The number of esters is 2. The molecule has 1 aromatic carbocycles. The predicted octanol–water partition coefficient (Wildman–Crippen LogP) is 4.70. The maximum Gasteiger partial charge on any atom is 0.309 e. The van der Waals surface area contributed by atoms with Crippen LogP contribution in [0.2, 0.25) is 0 Å². The molecule has 11 heteroatoms. The van der Waals surface area contributed by atoms with Gasteiger partial charge in [0.1, 0.15) is 29.7 Å². The summed E-state index contributed by atoms with van der Waals surface area (Å²) in [6, 6.07) is 5.64. The second-order valence-corrected chi connectivity index (χ2v) is 14.0. The minimum Gasteiger partial charge on any atom is -0.457 e. The fraction of sp³-hybridized carbons (Fsp3) is 0.632. The Bertz CT molecular complexity index is 1320. The number of hydrogen-bond donors (Lipinski definition) is 4. The maximum atomic E-state index is 13.5. The summed E-state index contributed by atoms with van der Waals surface area (Å²) in [5, 5.41) is 36.8. The van der Waals surface area contributed by atoms with E-state index in [9.17, 15) is 29.3 Å². The summed E-state index contributed by atoms with van der Waals surface area (Å²) < 4.78 is 36.6. The number of ether oxygens (including phenoxy) is 4. The summed E-state index contributed by atoms with van der Waals surface area (Å²) >= 11 is 0. The van der Waals surface area contributed by atoms with E-state index in [0.717, 1.165) is 12.0 Å². The third-order valence-corrected chi connectivity index (χ3v) is 9.63. The van der Waals surface area contributed by atoms with Crippen LogP contribution in [0.5, 0.6) is 0 Å². The van der Waals surface area contributed by atoms with Gasteiger partial charge in [-0.15, -0.1) is 0 Å². The Morgan fingerprint density at radius 1 is 1.22 bits per heavy atom. The average molecular weight is 690 g/mol. The molecule has 0 amide bonds. The number of aliphatic hydroxyl groups is 3. The highest BCUT2D eigenvalue weighted by Gasteiger charge is 2.54. The van der Waals surface area contributed by atoms with Gasteiger partial charge in [-0.1, -0.05) is 57.2 Å². The number of aliphatic hydroxyl groups excluding tert-OH is 1. The number of carbonyl (C=O) groups is 2. The Morgan fingerprint density at radius 3 is 2.51 bits per heavy atom. The Hall–Kier alpha value is -2.93. The van der Waals surface area contributed by atoms with Crippen molar-refractivity contribution in [1.82, 2.24) is 5.32 Å². The van der Waals surface area contributed by atoms with Crippen LogP contribution in [-0.4, -0.2) is 88.2 Å². The molecule has 2 aliphatic heterocycles. The van der Waals surface area contributed by atoms with Crippen molar-refractivity contribution >= 4 is 11.9 Å². The molecule has 3 unspecified atom stereocenters. The van der Waals surface area contributed by atoms with Crippen molar-refractivity contribution in [2.75, 3.05) is 7.11 Å². The first-order valence-electron chi connectivity index (χ1n) is 17.2. The van der Waals surface area contributed by atoms with Crippen molar-refractivity contribution in [3.05, 3.63) is 71.6 Å². The lowest BCUT2D eigenvalue weighted by molar-refractivity contribution is -0.157. The summed E-state index contributed by atoms with van der Waals surface area (Å²) in [6.45, 7) is 12.6. The maximum absolute atomic E-state index is 13.5. The van der Waals surface area contributed by atoms with E-state index in [1.54, 1.807) is 63.5 Å². The zero-order chi connectivity index (χ0) is 36.5. The molecule has 4 N–H and O–H groups in total. The highest BCUT2D eigenvalue weighted by atomic mass is 19.1. The predicted molar refractivity (Wildman–Crippen MR) is 184 cm³/mol. The molecule has 1 saturated heterocycles. The van der Waals surface area contributed by atoms with Crippen LogP contribution in [0, 0.1) is 17.7 Å². The monoisotopic (exact) mass is 689 g/mol. The standard InChI is InChI=1S/C38H56FNO9/c1-9-30(46-8)25(4)34-35(49-34)36(40-22-27-13-15-28(39)16-14-27)38(7,45)19-10-11-23(2)33-24(3)12-17-31(47-26(5)41)37(6,44)20-18-29(42)21-32(43)48-33/h10-17,19,24-25,29-31,33-36,40,42,44-45H,9,18,20-22H2,1-8H3/b17-12+,19-10+,23-11+/t24-,25+,29+,30-,31-,33?,34+,35-,36?,37+,38?/m0/s1. The number of methoxy groups -OCH3 is 1. The highest BCUT2D eigenvalue weighted by Crippen LogP contribution is 2.39. The van der Waals surface area contributed by atoms with Gasteiger partial charge < -0.3 is 39.6 Å². The van der Waals surface area contributed by atoms with Gasteiger partial charge in [0.25, 0.3) is 0 Å². The Kier molecular flexibility index (Phi) is 14.7. The molecular formula is C38H56FNO9. The van der Waals surface area contributed by atoms with E-state index >= 15 is 0 Å². The van der Waals surface area contributed by atoms with Crippen LogP contribution < -0.4 is 5.32 Å². The van der Waals surface area contributed by atoms with Crippen molar-refractivity contribution in [2.45, 2.75) is 135 Å². The fourth-order valence-corrected chi connectivity index (χ4v) is 6.50. The van der Waals surface area contributed by atoms with Crippen LogP contribution in [0.3, 0.4) is 0 Å². The molecule has 0 aromatic heterocycles. The van der Waals surface area contributed by atoms with Gasteiger partial charge in [0.2, 0.25) is 0 Å². The first-order chi connectivity index (χ1) is 23.0. The lowest BCUT2D eigenvalue weighted by Crippen LogP contribution is -2.52. The average Bonchev–Trinajstić information content (AvgIpc) is 3.81. The SMILES string of the molecule is CC[C@H](OC)[C@@H](C)[C@H]1O[C@@H]1C(NCc1ccc(F)cc1)C(C)(O)/C=C/C=C(\C)C1OC(=O)C[C@H](O)CC[C@@](C)(O)[C@@H](OC(C)=O)/C=C/[C@@H]1C. The van der Waals surface area contributed by atoms with Gasteiger partial charge in [-0.2, -0.15) is 0 Å². The van der Waals surface area contributed by atoms with E-state index < -0.39 is 53.4 Å². The highest BCUT2D eigenvalue weighted by molar-refractivity contribution is 5.70. The van der Waals surface area contributed by atoms with Crippen molar-refractivity contribution in [3.63, 3.8) is 0 Å². The second-order valence-electron chi connectivity index (χ2n) is 14.0. The molecule has 0 bridgehead atoms. The number of halogens is 1. The molecule has 2 heterocycles. The van der Waals surface area contributed by atoms with Crippen LogP contribution in [0.1, 0.15) is 79.7 Å². The summed E-state index contributed by atoms with van der Waals surface area (Å²) in [5.41, 5.74) is -1.35. The van der Waals surface area contributed by atoms with Crippen molar-refractivity contribution in [3.8, 4) is 0 Å². The number of cyclic esters (lactones) is 1. The molecule has 10 nitrogen and oxygen atoms in total. The number of carbonyl (C=O) groups excluding carboxylic acids is 2. The van der Waals surface area contributed by atoms with Gasteiger partial charge >= 0.3 is 11.9 Å². The zero-order valence-corrected chi connectivity index (χ0v) is 30.1. The number of nitrogens with one attached hydrogen (secondary N) is 1. The van der Waals surface area contributed by atoms with Crippen molar-refractivity contribution in [2.24, 2.45) is 11.8 Å². The van der Waals surface area contributed by atoms with Crippen LogP contribution in [0.15, 0.2) is 60.2 Å². The van der Waals surface area contributed by atoms with Crippen LogP contribution in [0.25, 0.3) is 0 Å². The number of allylic oxidation sites excluding steroid dienone is 2. The van der Waals surface area contributed by atoms with E-state index in [2.05, 4.69) is 19.2 Å². The van der Waals surface area contributed by atoms with Crippen LogP contribution in [-0.2, 0) is 35.1 Å². The molecule has 274 valence electrons. The van der Waals surface area contributed by atoms with E-state index in [1.165, 1.54) is 26.0 Å². The molecular weight excluding hydrogens is 633 g/mol. The minimum atomic E-state index is -1.47. The van der Waals surface area contributed by atoms with Gasteiger partial charge in [0.05, 0.1) is 36.4 Å². The molecule has 0 radical (unpaired) electrons. The normalized spacial score (nSPS) is 32.2. The minimum absolute atomic E-state index is 0.0000528. The van der Waals surface area contributed by atoms with Gasteiger partial charge in [-0.3, -0.25) is 9.59 Å². The molecule has 49 heavy (non-hydrogen) atoms. The Labute approximate surface area is 290 Å². The van der Waals surface area contributed by atoms with E-state index in [1.807, 2.05) is 6.92 Å². The third kappa shape index (κ3) is 11.8. The Balaban J connectivity index is 1.87. The van der Waals surface area contributed by atoms with Gasteiger partial charge in [0, 0.05) is 32.4 Å². The number of benzene rings is 1. The molecule has 0 spiro atoms. The molecule has 0 aliphatic carbocycles. The summed E-state index contributed by atoms with van der Waals surface area (Å²) in [4.78, 5) is 24.7. The van der Waals surface area contributed by atoms with E-state index in [-0.39, 0.29) is 49.3 Å². The van der Waals surface area contributed by atoms with Crippen molar-refractivity contribution < 1.29 is 48.2 Å². The van der Waals surface area contributed by atoms with Crippen LogP contribution >= 0.6 is 0 Å². The molecule has 11 atom stereocenters. The summed E-state index contributed by atoms with van der Waals surface area (Å²) in [5.74, 6) is -1.79. The number of hydrogen-bond acceptors (Lipinski definition) is 10. The molecule has 1 aromatic rings. The second kappa shape index (κ2) is 17.8. The quantitative estimate of drug-likeness (QED) is 0.0995. The first-order valence-corrected chi connectivity index (χ1v) is 17.2. The Morgan fingerprint density at radius 2 is 1.90 bits per heavy atom. The number of rotatable bonds is 13. The van der Waals surface area contributed by atoms with Gasteiger partial charge in [-0.05, 0) is 69.4 Å². The first kappa shape index (κ1) is 40.5. The van der Waals surface area contributed by atoms with Gasteiger partial charge in [0.15, 0.2) is 0 Å². The molecule has 1 fully saturated rings. The van der Waals surface area contributed by atoms with Gasteiger partial charge in [-0.25, -0.2) is 4.39 Å². The summed E-state index contributed by atoms with van der Waals surface area (Å²) in [6.07, 6.45) is 5.98.